The molecule has 1 amide bonds. The summed E-state index contributed by atoms with van der Waals surface area (Å²) in [7, 11) is 0. The Balaban J connectivity index is 1.84. The van der Waals surface area contributed by atoms with Gasteiger partial charge in [0.15, 0.2) is 0 Å². The van der Waals surface area contributed by atoms with Gasteiger partial charge in [-0.15, -0.1) is 0 Å². The summed E-state index contributed by atoms with van der Waals surface area (Å²) >= 11 is 5.22. The molecule has 1 heterocycles. The van der Waals surface area contributed by atoms with Crippen molar-refractivity contribution in [2.24, 2.45) is 11.1 Å². The van der Waals surface area contributed by atoms with E-state index in [2.05, 4.69) is 18.2 Å². The zero-order valence-corrected chi connectivity index (χ0v) is 12.4. The van der Waals surface area contributed by atoms with Crippen LogP contribution in [0.1, 0.15) is 36.8 Å². The number of carbonyl (C=O) groups is 1. The van der Waals surface area contributed by atoms with E-state index in [0.717, 1.165) is 38.6 Å². The number of nitrogens with two attached hydrogens (primary N) is 1. The van der Waals surface area contributed by atoms with Crippen LogP contribution in [-0.2, 0) is 17.8 Å². The summed E-state index contributed by atoms with van der Waals surface area (Å²) < 4.78 is 0. The van der Waals surface area contributed by atoms with Crippen molar-refractivity contribution in [1.29, 1.82) is 0 Å². The van der Waals surface area contributed by atoms with Crippen LogP contribution < -0.4 is 5.73 Å². The van der Waals surface area contributed by atoms with E-state index in [0.29, 0.717) is 11.5 Å². The van der Waals surface area contributed by atoms with E-state index < -0.39 is 5.41 Å². The van der Waals surface area contributed by atoms with Crippen LogP contribution in [0.5, 0.6) is 0 Å². The number of hydrogen-bond donors (Lipinski definition) is 1. The molecule has 1 aliphatic heterocycles. The number of amides is 1. The summed E-state index contributed by atoms with van der Waals surface area (Å²) in [5, 5.41) is 0. The highest BCUT2D eigenvalue weighted by Crippen LogP contribution is 2.41. The third kappa shape index (κ3) is 2.12. The molecule has 0 bridgehead atoms. The SMILES string of the molecule is NC(=S)C1(C(=O)N2CCc3ccccc3C2)CCCC1. The van der Waals surface area contributed by atoms with Crippen molar-refractivity contribution >= 4 is 23.1 Å². The van der Waals surface area contributed by atoms with Crippen molar-refractivity contribution in [3.63, 3.8) is 0 Å². The quantitative estimate of drug-likeness (QED) is 0.850. The lowest BCUT2D eigenvalue weighted by Crippen LogP contribution is -2.50. The van der Waals surface area contributed by atoms with Gasteiger partial charge in [0.25, 0.3) is 0 Å². The highest BCUT2D eigenvalue weighted by Gasteiger charge is 2.46. The average Bonchev–Trinajstić information content (AvgIpc) is 2.97. The van der Waals surface area contributed by atoms with Crippen LogP contribution in [0.2, 0.25) is 0 Å². The minimum atomic E-state index is -0.568. The highest BCUT2D eigenvalue weighted by atomic mass is 32.1. The molecule has 1 aromatic rings. The first kappa shape index (κ1) is 13.6. The Morgan fingerprint density at radius 3 is 2.50 bits per heavy atom. The van der Waals surface area contributed by atoms with Crippen LogP contribution in [0.3, 0.4) is 0 Å². The van der Waals surface area contributed by atoms with Gasteiger partial charge in [0, 0.05) is 13.1 Å². The Morgan fingerprint density at radius 1 is 1.20 bits per heavy atom. The molecule has 1 aliphatic carbocycles. The highest BCUT2D eigenvalue weighted by molar-refractivity contribution is 7.80. The molecule has 0 radical (unpaired) electrons. The standard InChI is InChI=1S/C16H20N2OS/c17-14(20)16(8-3-4-9-16)15(19)18-10-7-12-5-1-2-6-13(12)11-18/h1-2,5-6H,3-4,7-11H2,(H2,17,20). The first-order chi connectivity index (χ1) is 9.63. The van der Waals surface area contributed by atoms with Crippen molar-refractivity contribution in [3.8, 4) is 0 Å². The van der Waals surface area contributed by atoms with E-state index in [-0.39, 0.29) is 5.91 Å². The Bertz CT molecular complexity index is 549. The van der Waals surface area contributed by atoms with Crippen molar-refractivity contribution in [2.45, 2.75) is 38.6 Å². The zero-order chi connectivity index (χ0) is 14.2. The van der Waals surface area contributed by atoms with Gasteiger partial charge in [-0.3, -0.25) is 4.79 Å². The smallest absolute Gasteiger partial charge is 0.235 e. The van der Waals surface area contributed by atoms with Gasteiger partial charge >= 0.3 is 0 Å². The molecule has 0 aromatic heterocycles. The third-order valence-electron chi connectivity index (χ3n) is 4.76. The average molecular weight is 288 g/mol. The maximum atomic E-state index is 12.9. The van der Waals surface area contributed by atoms with Crippen LogP contribution in [0, 0.1) is 5.41 Å². The van der Waals surface area contributed by atoms with Crippen molar-refractivity contribution in [2.75, 3.05) is 6.54 Å². The monoisotopic (exact) mass is 288 g/mol. The molecule has 0 atom stereocenters. The fourth-order valence-corrected chi connectivity index (χ4v) is 3.81. The molecule has 2 aliphatic rings. The van der Waals surface area contributed by atoms with Crippen LogP contribution in [0.15, 0.2) is 24.3 Å². The van der Waals surface area contributed by atoms with E-state index in [1.165, 1.54) is 11.1 Å². The van der Waals surface area contributed by atoms with Gasteiger partial charge in [-0.1, -0.05) is 49.3 Å². The molecule has 1 saturated carbocycles. The Hall–Kier alpha value is -1.42. The molecular formula is C16H20N2OS. The fourth-order valence-electron chi connectivity index (χ4n) is 3.52. The van der Waals surface area contributed by atoms with Gasteiger partial charge in [0.1, 0.15) is 0 Å². The van der Waals surface area contributed by atoms with Crippen LogP contribution in [0.25, 0.3) is 0 Å². The Morgan fingerprint density at radius 2 is 1.85 bits per heavy atom. The number of benzene rings is 1. The second-order valence-electron chi connectivity index (χ2n) is 5.90. The van der Waals surface area contributed by atoms with Crippen molar-refractivity contribution in [3.05, 3.63) is 35.4 Å². The molecule has 2 N–H and O–H groups in total. The van der Waals surface area contributed by atoms with Crippen molar-refractivity contribution < 1.29 is 4.79 Å². The Labute approximate surface area is 125 Å². The maximum absolute atomic E-state index is 12.9. The molecule has 4 heteroatoms. The first-order valence-electron chi connectivity index (χ1n) is 7.29. The molecule has 1 aromatic carbocycles. The summed E-state index contributed by atoms with van der Waals surface area (Å²) in [6, 6.07) is 8.35. The van der Waals surface area contributed by atoms with Gasteiger partial charge in [-0.25, -0.2) is 0 Å². The van der Waals surface area contributed by atoms with E-state index >= 15 is 0 Å². The minimum Gasteiger partial charge on any atom is -0.392 e. The summed E-state index contributed by atoms with van der Waals surface area (Å²) in [5.74, 6) is 0.150. The molecule has 0 spiro atoms. The summed E-state index contributed by atoms with van der Waals surface area (Å²) in [6.07, 6.45) is 4.66. The summed E-state index contributed by atoms with van der Waals surface area (Å²) in [6.45, 7) is 1.47. The number of fused-ring (bicyclic) bond motifs is 1. The van der Waals surface area contributed by atoms with Crippen LogP contribution in [-0.4, -0.2) is 22.3 Å². The molecule has 1 fully saturated rings. The van der Waals surface area contributed by atoms with E-state index in [1.54, 1.807) is 0 Å². The number of carbonyl (C=O) groups excluding carboxylic acids is 1. The van der Waals surface area contributed by atoms with E-state index in [4.69, 9.17) is 18.0 Å². The number of hydrogen-bond acceptors (Lipinski definition) is 2. The van der Waals surface area contributed by atoms with E-state index in [9.17, 15) is 4.79 Å². The summed E-state index contributed by atoms with van der Waals surface area (Å²) in [5.41, 5.74) is 7.96. The van der Waals surface area contributed by atoms with Gasteiger partial charge in [-0.05, 0) is 30.4 Å². The zero-order valence-electron chi connectivity index (χ0n) is 11.6. The second kappa shape index (κ2) is 5.17. The second-order valence-corrected chi connectivity index (χ2v) is 6.34. The number of nitrogens with zero attached hydrogens (tertiary/aromatic N) is 1. The molecule has 20 heavy (non-hydrogen) atoms. The normalized spacial score (nSPS) is 20.5. The van der Waals surface area contributed by atoms with Gasteiger partial charge < -0.3 is 10.6 Å². The van der Waals surface area contributed by atoms with Gasteiger partial charge in [0.2, 0.25) is 5.91 Å². The number of rotatable bonds is 2. The topological polar surface area (TPSA) is 46.3 Å². The maximum Gasteiger partial charge on any atom is 0.235 e. The molecule has 3 rings (SSSR count). The van der Waals surface area contributed by atoms with Crippen molar-refractivity contribution in [1.82, 2.24) is 4.90 Å². The predicted octanol–water partition coefficient (Wildman–Crippen LogP) is 2.42. The minimum absolute atomic E-state index is 0.150. The molecule has 106 valence electrons. The molecular weight excluding hydrogens is 268 g/mol. The molecule has 0 unspecified atom stereocenters. The third-order valence-corrected chi connectivity index (χ3v) is 5.15. The van der Waals surface area contributed by atoms with Gasteiger partial charge in [-0.2, -0.15) is 0 Å². The van der Waals surface area contributed by atoms with E-state index in [1.807, 2.05) is 11.0 Å². The lowest BCUT2D eigenvalue weighted by Gasteiger charge is -2.36. The number of thiocarbonyl (C=S) groups is 1. The Kier molecular flexibility index (Phi) is 3.50. The predicted molar refractivity (Wildman–Crippen MR) is 83.2 cm³/mol. The van der Waals surface area contributed by atoms with Crippen LogP contribution >= 0.6 is 12.2 Å². The lowest BCUT2D eigenvalue weighted by atomic mass is 9.83. The van der Waals surface area contributed by atoms with Gasteiger partial charge in [0.05, 0.1) is 10.4 Å². The van der Waals surface area contributed by atoms with Crippen LogP contribution in [0.4, 0.5) is 0 Å². The first-order valence-corrected chi connectivity index (χ1v) is 7.70. The fraction of sp³-hybridized carbons (Fsp3) is 0.500. The largest absolute Gasteiger partial charge is 0.392 e. The summed E-state index contributed by atoms with van der Waals surface area (Å²) in [4.78, 5) is 15.3. The molecule has 0 saturated heterocycles. The molecule has 3 nitrogen and oxygen atoms in total. The lowest BCUT2D eigenvalue weighted by molar-refractivity contribution is -0.139.